The van der Waals surface area contributed by atoms with Crippen molar-refractivity contribution in [2.24, 2.45) is 0 Å². The molecule has 0 aliphatic heterocycles. The van der Waals surface area contributed by atoms with Crippen LogP contribution in [0.4, 0.5) is 0 Å². The molecule has 0 atom stereocenters. The molecule has 0 unspecified atom stereocenters. The quantitative estimate of drug-likeness (QED) is 0.756. The van der Waals surface area contributed by atoms with Crippen molar-refractivity contribution in [1.82, 2.24) is 14.6 Å². The first-order valence-electron chi connectivity index (χ1n) is 5.08. The van der Waals surface area contributed by atoms with Crippen LogP contribution in [0.15, 0.2) is 24.3 Å². The fourth-order valence-electron chi connectivity index (χ4n) is 1.79. The van der Waals surface area contributed by atoms with E-state index in [1.807, 2.05) is 38.1 Å². The molecule has 0 radical (unpaired) electrons. The van der Waals surface area contributed by atoms with Gasteiger partial charge in [-0.1, -0.05) is 29.8 Å². The summed E-state index contributed by atoms with van der Waals surface area (Å²) in [6.07, 6.45) is 6.10. The molecule has 0 N–H and O–H groups in total. The Labute approximate surface area is 98.1 Å². The molecular weight excluding hydrogens is 222 g/mol. The van der Waals surface area contributed by atoms with Gasteiger partial charge in [0.1, 0.15) is 0 Å². The summed E-state index contributed by atoms with van der Waals surface area (Å²) < 4.78 is 1.81. The molecule has 0 spiro atoms. The average Bonchev–Trinajstić information content (AvgIpc) is 2.42. The maximum Gasteiger partial charge on any atom is 0.162 e. The zero-order chi connectivity index (χ0) is 11.3. The number of halogens is 1. The molecular formula is C12H10ClN3. The summed E-state index contributed by atoms with van der Waals surface area (Å²) in [4.78, 5) is 4.52. The number of hydrogen-bond donors (Lipinski definition) is 0. The largest absolute Gasteiger partial charge is 0.231 e. The molecule has 3 rings (SSSR count). The van der Waals surface area contributed by atoms with E-state index in [4.69, 9.17) is 11.6 Å². The molecule has 0 saturated carbocycles. The van der Waals surface area contributed by atoms with Gasteiger partial charge >= 0.3 is 0 Å². The lowest BCUT2D eigenvalue weighted by atomic mass is 10.0. The number of rotatable bonds is 1. The second kappa shape index (κ2) is 3.19. The molecule has 2 aromatic rings. The second-order valence-electron chi connectivity index (χ2n) is 3.88. The van der Waals surface area contributed by atoms with Gasteiger partial charge in [-0.2, -0.15) is 5.10 Å². The molecule has 0 saturated heterocycles. The van der Waals surface area contributed by atoms with E-state index in [0.29, 0.717) is 5.15 Å². The monoisotopic (exact) mass is 231 g/mol. The minimum atomic E-state index is 0.490. The molecule has 0 bridgehead atoms. The van der Waals surface area contributed by atoms with Crippen LogP contribution in [0, 0.1) is 13.8 Å². The Bertz CT molecular complexity index is 650. The molecule has 80 valence electrons. The van der Waals surface area contributed by atoms with E-state index in [0.717, 1.165) is 28.2 Å². The summed E-state index contributed by atoms with van der Waals surface area (Å²) in [5, 5.41) is 4.76. The van der Waals surface area contributed by atoms with Crippen molar-refractivity contribution in [1.29, 1.82) is 0 Å². The number of fused-ring (bicyclic) bond motifs is 1. The number of nitrogens with zero attached hydrogens (tertiary/aromatic N) is 3. The summed E-state index contributed by atoms with van der Waals surface area (Å²) in [5.74, 6) is 0. The van der Waals surface area contributed by atoms with E-state index in [1.165, 1.54) is 0 Å². The number of aromatic nitrogens is 3. The van der Waals surface area contributed by atoms with Crippen LogP contribution in [-0.2, 0) is 0 Å². The third-order valence-corrected chi connectivity index (χ3v) is 3.06. The summed E-state index contributed by atoms with van der Waals surface area (Å²) >= 11 is 6.02. The van der Waals surface area contributed by atoms with Crippen molar-refractivity contribution in [3.8, 4) is 0 Å². The third-order valence-electron chi connectivity index (χ3n) is 2.88. The SMILES string of the molecule is Cc1nc2c(C3=CC=C3)cc(Cl)nn2c1C. The van der Waals surface area contributed by atoms with Gasteiger partial charge in [-0.25, -0.2) is 9.50 Å². The number of hydrogen-bond acceptors (Lipinski definition) is 2. The Morgan fingerprint density at radius 3 is 2.69 bits per heavy atom. The molecule has 3 nitrogen and oxygen atoms in total. The van der Waals surface area contributed by atoms with Crippen LogP contribution in [-0.4, -0.2) is 14.6 Å². The van der Waals surface area contributed by atoms with Crippen molar-refractivity contribution in [3.05, 3.63) is 46.4 Å². The predicted molar refractivity (Wildman–Crippen MR) is 64.6 cm³/mol. The molecule has 0 fully saturated rings. The van der Waals surface area contributed by atoms with Gasteiger partial charge in [0.05, 0.1) is 11.4 Å². The van der Waals surface area contributed by atoms with Crippen LogP contribution in [0.2, 0.25) is 5.15 Å². The zero-order valence-corrected chi connectivity index (χ0v) is 9.78. The lowest BCUT2D eigenvalue weighted by Gasteiger charge is -2.09. The van der Waals surface area contributed by atoms with Crippen LogP contribution in [0.1, 0.15) is 17.0 Å². The molecule has 16 heavy (non-hydrogen) atoms. The van der Waals surface area contributed by atoms with Gasteiger partial charge in [0.15, 0.2) is 10.8 Å². The van der Waals surface area contributed by atoms with E-state index in [-0.39, 0.29) is 0 Å². The molecule has 0 amide bonds. The third kappa shape index (κ3) is 1.21. The molecule has 4 heteroatoms. The lowest BCUT2D eigenvalue weighted by molar-refractivity contribution is 0.894. The molecule has 1 aliphatic rings. The first-order chi connectivity index (χ1) is 7.66. The van der Waals surface area contributed by atoms with Crippen LogP contribution in [0.25, 0.3) is 11.2 Å². The highest BCUT2D eigenvalue weighted by Gasteiger charge is 2.14. The highest BCUT2D eigenvalue weighted by Crippen LogP contribution is 2.28. The Hall–Kier alpha value is -1.61. The van der Waals surface area contributed by atoms with Gasteiger partial charge in [-0.3, -0.25) is 0 Å². The zero-order valence-electron chi connectivity index (χ0n) is 9.03. The van der Waals surface area contributed by atoms with Crippen molar-refractivity contribution < 1.29 is 0 Å². The maximum atomic E-state index is 6.02. The molecule has 2 heterocycles. The topological polar surface area (TPSA) is 30.2 Å². The van der Waals surface area contributed by atoms with E-state index in [1.54, 1.807) is 4.52 Å². The summed E-state index contributed by atoms with van der Waals surface area (Å²) in [5.41, 5.74) is 5.08. The number of imidazole rings is 1. The summed E-state index contributed by atoms with van der Waals surface area (Å²) in [7, 11) is 0. The van der Waals surface area contributed by atoms with E-state index >= 15 is 0 Å². The first kappa shape index (κ1) is 9.60. The number of allylic oxidation sites excluding steroid dienone is 4. The Balaban J connectivity index is 2.39. The van der Waals surface area contributed by atoms with Gasteiger partial charge < -0.3 is 0 Å². The Morgan fingerprint density at radius 2 is 2.06 bits per heavy atom. The summed E-state index contributed by atoms with van der Waals surface area (Å²) in [6, 6.07) is 1.86. The van der Waals surface area contributed by atoms with Gasteiger partial charge in [0.25, 0.3) is 0 Å². The fourth-order valence-corrected chi connectivity index (χ4v) is 1.97. The lowest BCUT2D eigenvalue weighted by Crippen LogP contribution is -1.99. The standard InChI is InChI=1S/C12H10ClN3/c1-7-8(2)16-12(14-7)10(6-11(13)15-16)9-4-3-5-9/h3-6H,1-2H3. The van der Waals surface area contributed by atoms with Gasteiger partial charge in [0.2, 0.25) is 0 Å². The van der Waals surface area contributed by atoms with Crippen LogP contribution in [0.5, 0.6) is 0 Å². The highest BCUT2D eigenvalue weighted by molar-refractivity contribution is 6.29. The highest BCUT2D eigenvalue weighted by atomic mass is 35.5. The van der Waals surface area contributed by atoms with Crippen LogP contribution < -0.4 is 0 Å². The van der Waals surface area contributed by atoms with E-state index in [9.17, 15) is 0 Å². The second-order valence-corrected chi connectivity index (χ2v) is 4.27. The van der Waals surface area contributed by atoms with Crippen molar-refractivity contribution in [2.75, 3.05) is 0 Å². The normalized spacial score (nSPS) is 14.1. The van der Waals surface area contributed by atoms with Gasteiger partial charge in [-0.15, -0.1) is 0 Å². The van der Waals surface area contributed by atoms with Crippen LogP contribution >= 0.6 is 11.6 Å². The van der Waals surface area contributed by atoms with Gasteiger partial charge in [0, 0.05) is 5.56 Å². The van der Waals surface area contributed by atoms with E-state index in [2.05, 4.69) is 10.1 Å². The minimum absolute atomic E-state index is 0.490. The molecule has 1 aliphatic carbocycles. The first-order valence-corrected chi connectivity index (χ1v) is 5.46. The number of aryl methyl sites for hydroxylation is 2. The molecule has 0 aromatic carbocycles. The Kier molecular flexibility index (Phi) is 1.91. The van der Waals surface area contributed by atoms with E-state index < -0.39 is 0 Å². The predicted octanol–water partition coefficient (Wildman–Crippen LogP) is 2.95. The van der Waals surface area contributed by atoms with Crippen molar-refractivity contribution in [3.63, 3.8) is 0 Å². The maximum absolute atomic E-state index is 6.02. The average molecular weight is 232 g/mol. The smallest absolute Gasteiger partial charge is 0.162 e. The van der Waals surface area contributed by atoms with Crippen molar-refractivity contribution in [2.45, 2.75) is 13.8 Å². The van der Waals surface area contributed by atoms with Crippen LogP contribution in [0.3, 0.4) is 0 Å². The Morgan fingerprint density at radius 1 is 1.31 bits per heavy atom. The summed E-state index contributed by atoms with van der Waals surface area (Å²) in [6.45, 7) is 3.97. The van der Waals surface area contributed by atoms with Crippen molar-refractivity contribution >= 4 is 22.8 Å². The van der Waals surface area contributed by atoms with Gasteiger partial charge in [-0.05, 0) is 25.5 Å². The molecule has 2 aromatic heterocycles. The fraction of sp³-hybridized carbons (Fsp3) is 0.167. The minimum Gasteiger partial charge on any atom is -0.231 e.